The second-order valence-corrected chi connectivity index (χ2v) is 5.07. The fourth-order valence-electron chi connectivity index (χ4n) is 1.38. The molecular weight excluding hydrogens is 198 g/mol. The standard InChI is InChI=1S/C10H15NO2S/c1-4-9-6-5-7-10(8(9)2)11-14(3,12)13/h5-7,11H,4H2,1-3H3. The molecule has 78 valence electrons. The molecule has 0 aliphatic carbocycles. The minimum Gasteiger partial charge on any atom is -0.284 e. The monoisotopic (exact) mass is 213 g/mol. The van der Waals surface area contributed by atoms with Crippen LogP contribution in [-0.2, 0) is 16.4 Å². The van der Waals surface area contributed by atoms with Gasteiger partial charge in [0.15, 0.2) is 0 Å². The molecule has 0 spiro atoms. The highest BCUT2D eigenvalue weighted by Crippen LogP contribution is 2.19. The summed E-state index contributed by atoms with van der Waals surface area (Å²) in [7, 11) is -3.17. The van der Waals surface area contributed by atoms with Crippen LogP contribution in [0.1, 0.15) is 18.1 Å². The molecule has 1 aromatic carbocycles. The molecule has 0 aromatic heterocycles. The summed E-state index contributed by atoms with van der Waals surface area (Å²) in [5.41, 5.74) is 2.84. The van der Waals surface area contributed by atoms with Crippen LogP contribution in [0, 0.1) is 6.92 Å². The average Bonchev–Trinajstić information content (AvgIpc) is 2.06. The van der Waals surface area contributed by atoms with Crippen molar-refractivity contribution in [3.63, 3.8) is 0 Å². The maximum absolute atomic E-state index is 11.0. The van der Waals surface area contributed by atoms with Gasteiger partial charge in [-0.3, -0.25) is 4.72 Å². The Morgan fingerprint density at radius 2 is 2.00 bits per heavy atom. The van der Waals surface area contributed by atoms with Crippen molar-refractivity contribution in [1.82, 2.24) is 0 Å². The van der Waals surface area contributed by atoms with Crippen molar-refractivity contribution >= 4 is 15.7 Å². The van der Waals surface area contributed by atoms with Gasteiger partial charge in [0.1, 0.15) is 0 Å². The SMILES string of the molecule is CCc1cccc(NS(C)(=O)=O)c1C. The van der Waals surface area contributed by atoms with Crippen molar-refractivity contribution in [2.24, 2.45) is 0 Å². The number of nitrogens with one attached hydrogen (secondary N) is 1. The topological polar surface area (TPSA) is 46.2 Å². The van der Waals surface area contributed by atoms with Crippen molar-refractivity contribution in [1.29, 1.82) is 0 Å². The van der Waals surface area contributed by atoms with Crippen LogP contribution in [-0.4, -0.2) is 14.7 Å². The molecule has 0 bridgehead atoms. The van der Waals surface area contributed by atoms with Gasteiger partial charge in [-0.2, -0.15) is 0 Å². The maximum Gasteiger partial charge on any atom is 0.229 e. The van der Waals surface area contributed by atoms with Gasteiger partial charge in [0, 0.05) is 0 Å². The molecule has 4 heteroatoms. The summed E-state index contributed by atoms with van der Waals surface area (Å²) in [5.74, 6) is 0. The third-order valence-electron chi connectivity index (χ3n) is 2.12. The molecule has 0 saturated heterocycles. The molecule has 1 N–H and O–H groups in total. The van der Waals surface area contributed by atoms with Gasteiger partial charge in [0.2, 0.25) is 10.0 Å². The predicted octanol–water partition coefficient (Wildman–Crippen LogP) is 1.93. The number of sulfonamides is 1. The average molecular weight is 213 g/mol. The molecule has 3 nitrogen and oxygen atoms in total. The van der Waals surface area contributed by atoms with Gasteiger partial charge < -0.3 is 0 Å². The zero-order chi connectivity index (χ0) is 10.8. The summed E-state index contributed by atoms with van der Waals surface area (Å²) in [6.45, 7) is 3.97. The van der Waals surface area contributed by atoms with Gasteiger partial charge in [0.05, 0.1) is 11.9 Å². The van der Waals surface area contributed by atoms with E-state index in [1.165, 1.54) is 5.56 Å². The molecule has 1 rings (SSSR count). The first-order valence-corrected chi connectivity index (χ1v) is 6.39. The van der Waals surface area contributed by atoms with Crippen molar-refractivity contribution in [2.75, 3.05) is 11.0 Å². The Morgan fingerprint density at radius 3 is 2.50 bits per heavy atom. The highest BCUT2D eigenvalue weighted by molar-refractivity contribution is 7.92. The molecular formula is C10H15NO2S. The predicted molar refractivity (Wildman–Crippen MR) is 59.0 cm³/mol. The zero-order valence-corrected chi connectivity index (χ0v) is 9.48. The molecule has 0 atom stereocenters. The molecule has 0 amide bonds. The lowest BCUT2D eigenvalue weighted by Crippen LogP contribution is -2.11. The summed E-state index contributed by atoms with van der Waals surface area (Å²) < 4.78 is 24.6. The number of anilines is 1. The van der Waals surface area contributed by atoms with Gasteiger partial charge in [0.25, 0.3) is 0 Å². The van der Waals surface area contributed by atoms with Crippen molar-refractivity contribution in [3.8, 4) is 0 Å². The third-order valence-corrected chi connectivity index (χ3v) is 2.71. The van der Waals surface area contributed by atoms with Gasteiger partial charge in [-0.15, -0.1) is 0 Å². The first kappa shape index (κ1) is 11.0. The maximum atomic E-state index is 11.0. The van der Waals surface area contributed by atoms with E-state index in [1.54, 1.807) is 6.07 Å². The van der Waals surface area contributed by atoms with Crippen LogP contribution in [0.15, 0.2) is 18.2 Å². The number of aryl methyl sites for hydroxylation is 1. The zero-order valence-electron chi connectivity index (χ0n) is 8.66. The van der Waals surface area contributed by atoms with Crippen LogP contribution in [0.4, 0.5) is 5.69 Å². The van der Waals surface area contributed by atoms with E-state index < -0.39 is 10.0 Å². The Morgan fingerprint density at radius 1 is 1.36 bits per heavy atom. The molecule has 0 aliphatic heterocycles. The Bertz CT molecular complexity index is 424. The lowest BCUT2D eigenvalue weighted by Gasteiger charge is -2.10. The quantitative estimate of drug-likeness (QED) is 0.834. The molecule has 1 aromatic rings. The van der Waals surface area contributed by atoms with E-state index >= 15 is 0 Å². The van der Waals surface area contributed by atoms with Crippen molar-refractivity contribution < 1.29 is 8.42 Å². The molecule has 0 heterocycles. The second kappa shape index (κ2) is 4.00. The first-order valence-electron chi connectivity index (χ1n) is 4.50. The highest BCUT2D eigenvalue weighted by Gasteiger charge is 2.06. The summed E-state index contributed by atoms with van der Waals surface area (Å²) in [6.07, 6.45) is 2.07. The van der Waals surface area contributed by atoms with Crippen LogP contribution >= 0.6 is 0 Å². The van der Waals surface area contributed by atoms with Gasteiger partial charge in [-0.05, 0) is 30.5 Å². The molecule has 0 aliphatic rings. The van der Waals surface area contributed by atoms with Crippen LogP contribution in [0.25, 0.3) is 0 Å². The van der Waals surface area contributed by atoms with Crippen molar-refractivity contribution in [2.45, 2.75) is 20.3 Å². The lowest BCUT2D eigenvalue weighted by atomic mass is 10.1. The normalized spacial score (nSPS) is 11.4. The molecule has 0 radical (unpaired) electrons. The summed E-state index contributed by atoms with van der Waals surface area (Å²) >= 11 is 0. The van der Waals surface area contributed by atoms with E-state index in [9.17, 15) is 8.42 Å². The number of benzene rings is 1. The number of rotatable bonds is 3. The first-order chi connectivity index (χ1) is 6.44. The second-order valence-electron chi connectivity index (χ2n) is 3.32. The summed E-state index contributed by atoms with van der Waals surface area (Å²) in [4.78, 5) is 0. The van der Waals surface area contributed by atoms with Gasteiger partial charge in [-0.1, -0.05) is 19.1 Å². The Hall–Kier alpha value is -1.03. The minimum absolute atomic E-state index is 0.673. The van der Waals surface area contributed by atoms with Crippen LogP contribution in [0.5, 0.6) is 0 Å². The molecule has 0 unspecified atom stereocenters. The van der Waals surface area contributed by atoms with E-state index in [0.717, 1.165) is 18.2 Å². The van der Waals surface area contributed by atoms with Crippen LogP contribution < -0.4 is 4.72 Å². The summed E-state index contributed by atoms with van der Waals surface area (Å²) in [6, 6.07) is 5.64. The van der Waals surface area contributed by atoms with Gasteiger partial charge >= 0.3 is 0 Å². The molecule has 0 fully saturated rings. The summed E-state index contributed by atoms with van der Waals surface area (Å²) in [5, 5.41) is 0. The Balaban J connectivity index is 3.10. The van der Waals surface area contributed by atoms with Gasteiger partial charge in [-0.25, -0.2) is 8.42 Å². The highest BCUT2D eigenvalue weighted by atomic mass is 32.2. The van der Waals surface area contributed by atoms with Crippen molar-refractivity contribution in [3.05, 3.63) is 29.3 Å². The van der Waals surface area contributed by atoms with E-state index in [4.69, 9.17) is 0 Å². The molecule has 0 saturated carbocycles. The fraction of sp³-hybridized carbons (Fsp3) is 0.400. The van der Waals surface area contributed by atoms with Crippen LogP contribution in [0.2, 0.25) is 0 Å². The number of hydrogen-bond donors (Lipinski definition) is 1. The van der Waals surface area contributed by atoms with E-state index in [1.807, 2.05) is 26.0 Å². The lowest BCUT2D eigenvalue weighted by molar-refractivity contribution is 0.607. The fourth-order valence-corrected chi connectivity index (χ4v) is 2.00. The number of hydrogen-bond acceptors (Lipinski definition) is 2. The largest absolute Gasteiger partial charge is 0.284 e. The Labute approximate surface area is 85.2 Å². The van der Waals surface area contributed by atoms with Crippen LogP contribution in [0.3, 0.4) is 0 Å². The molecule has 14 heavy (non-hydrogen) atoms. The smallest absolute Gasteiger partial charge is 0.229 e. The van der Waals surface area contributed by atoms with E-state index in [0.29, 0.717) is 5.69 Å². The minimum atomic E-state index is -3.17. The Kier molecular flexibility index (Phi) is 3.16. The van der Waals surface area contributed by atoms with E-state index in [-0.39, 0.29) is 0 Å². The van der Waals surface area contributed by atoms with E-state index in [2.05, 4.69) is 4.72 Å². The third kappa shape index (κ3) is 2.73.